The molecule has 2 rings (SSSR count). The van der Waals surface area contributed by atoms with Crippen molar-refractivity contribution in [2.45, 2.75) is 31.7 Å². The highest BCUT2D eigenvalue weighted by Crippen LogP contribution is 2.18. The number of hydrogen-bond acceptors (Lipinski definition) is 4. The molecule has 1 fully saturated rings. The van der Waals surface area contributed by atoms with E-state index in [-0.39, 0.29) is 5.91 Å². The standard InChI is InChI=1S/C11H15N3O2/c1-16-11-12-6-8(7-13-11)2-5-10(15)14-9-3-4-9/h6-7,9H,2-5H2,1H3,(H,14,15). The lowest BCUT2D eigenvalue weighted by Crippen LogP contribution is -2.25. The SMILES string of the molecule is COc1ncc(CCC(=O)NC2CC2)cn1. The third-order valence-electron chi connectivity index (χ3n) is 2.45. The number of rotatable bonds is 5. The lowest BCUT2D eigenvalue weighted by Gasteiger charge is -2.03. The number of aryl methyl sites for hydroxylation is 1. The fraction of sp³-hybridized carbons (Fsp3) is 0.545. The predicted molar refractivity (Wildman–Crippen MR) is 58.1 cm³/mol. The third-order valence-corrected chi connectivity index (χ3v) is 2.45. The topological polar surface area (TPSA) is 64.1 Å². The molecule has 1 aromatic heterocycles. The van der Waals surface area contributed by atoms with Gasteiger partial charge in [0.25, 0.3) is 0 Å². The van der Waals surface area contributed by atoms with Crippen LogP contribution in [0.3, 0.4) is 0 Å². The first-order valence-electron chi connectivity index (χ1n) is 5.42. The monoisotopic (exact) mass is 221 g/mol. The molecule has 1 saturated carbocycles. The summed E-state index contributed by atoms with van der Waals surface area (Å²) in [5.41, 5.74) is 0.951. The number of amides is 1. The van der Waals surface area contributed by atoms with Crippen molar-refractivity contribution in [3.8, 4) is 6.01 Å². The summed E-state index contributed by atoms with van der Waals surface area (Å²) in [7, 11) is 1.53. The first kappa shape index (κ1) is 10.9. The summed E-state index contributed by atoms with van der Waals surface area (Å²) >= 11 is 0. The van der Waals surface area contributed by atoms with Crippen molar-refractivity contribution in [1.29, 1.82) is 0 Å². The van der Waals surface area contributed by atoms with Crippen molar-refractivity contribution in [2.24, 2.45) is 0 Å². The van der Waals surface area contributed by atoms with E-state index in [4.69, 9.17) is 4.74 Å². The van der Waals surface area contributed by atoms with Crippen LogP contribution in [-0.2, 0) is 11.2 Å². The summed E-state index contributed by atoms with van der Waals surface area (Å²) in [5, 5.41) is 2.94. The maximum atomic E-state index is 11.4. The van der Waals surface area contributed by atoms with Crippen LogP contribution in [0.5, 0.6) is 6.01 Å². The van der Waals surface area contributed by atoms with Gasteiger partial charge >= 0.3 is 6.01 Å². The summed E-state index contributed by atoms with van der Waals surface area (Å²) in [5.74, 6) is 0.110. The normalized spacial score (nSPS) is 14.6. The van der Waals surface area contributed by atoms with E-state index in [1.54, 1.807) is 12.4 Å². The maximum absolute atomic E-state index is 11.4. The molecule has 5 heteroatoms. The molecule has 16 heavy (non-hydrogen) atoms. The number of nitrogens with one attached hydrogen (secondary N) is 1. The molecule has 0 atom stereocenters. The second-order valence-corrected chi connectivity index (χ2v) is 3.92. The highest BCUT2D eigenvalue weighted by Gasteiger charge is 2.22. The highest BCUT2D eigenvalue weighted by atomic mass is 16.5. The molecule has 86 valence electrons. The second-order valence-electron chi connectivity index (χ2n) is 3.92. The van der Waals surface area contributed by atoms with E-state index in [1.165, 1.54) is 7.11 Å². The van der Waals surface area contributed by atoms with E-state index in [0.29, 0.717) is 24.9 Å². The van der Waals surface area contributed by atoms with E-state index < -0.39 is 0 Å². The van der Waals surface area contributed by atoms with Crippen LogP contribution in [0, 0.1) is 0 Å². The number of hydrogen-bond donors (Lipinski definition) is 1. The van der Waals surface area contributed by atoms with Crippen LogP contribution < -0.4 is 10.1 Å². The van der Waals surface area contributed by atoms with Crippen molar-refractivity contribution in [3.63, 3.8) is 0 Å². The van der Waals surface area contributed by atoms with Gasteiger partial charge in [0.05, 0.1) is 7.11 Å². The third kappa shape index (κ3) is 3.18. The molecule has 0 bridgehead atoms. The highest BCUT2D eigenvalue weighted by molar-refractivity contribution is 5.76. The summed E-state index contributed by atoms with van der Waals surface area (Å²) < 4.78 is 4.85. The van der Waals surface area contributed by atoms with Gasteiger partial charge in [0.15, 0.2) is 0 Å². The number of carbonyl (C=O) groups excluding carboxylic acids is 1. The zero-order valence-corrected chi connectivity index (χ0v) is 9.27. The Morgan fingerprint density at radius 1 is 1.50 bits per heavy atom. The van der Waals surface area contributed by atoms with Crippen LogP contribution in [0.1, 0.15) is 24.8 Å². The maximum Gasteiger partial charge on any atom is 0.316 e. The van der Waals surface area contributed by atoms with Crippen LogP contribution in [0.4, 0.5) is 0 Å². The van der Waals surface area contributed by atoms with Crippen LogP contribution in [-0.4, -0.2) is 29.0 Å². The molecule has 0 spiro atoms. The molecule has 1 aliphatic rings. The quantitative estimate of drug-likeness (QED) is 0.794. The van der Waals surface area contributed by atoms with Crippen LogP contribution >= 0.6 is 0 Å². The van der Waals surface area contributed by atoms with Crippen LogP contribution in [0.15, 0.2) is 12.4 Å². The van der Waals surface area contributed by atoms with Crippen molar-refractivity contribution < 1.29 is 9.53 Å². The summed E-state index contributed by atoms with van der Waals surface area (Å²) in [6.45, 7) is 0. The van der Waals surface area contributed by atoms with Gasteiger partial charge in [0, 0.05) is 24.9 Å². The van der Waals surface area contributed by atoms with E-state index in [0.717, 1.165) is 18.4 Å². The second kappa shape index (κ2) is 4.92. The van der Waals surface area contributed by atoms with Gasteiger partial charge in [-0.3, -0.25) is 4.79 Å². The minimum atomic E-state index is 0.110. The molecule has 0 radical (unpaired) electrons. The Morgan fingerprint density at radius 3 is 2.75 bits per heavy atom. The Morgan fingerprint density at radius 2 is 2.19 bits per heavy atom. The molecule has 0 aromatic carbocycles. The van der Waals surface area contributed by atoms with Crippen molar-refractivity contribution >= 4 is 5.91 Å². The van der Waals surface area contributed by atoms with Gasteiger partial charge in [0.2, 0.25) is 5.91 Å². The zero-order valence-electron chi connectivity index (χ0n) is 9.27. The lowest BCUT2D eigenvalue weighted by molar-refractivity contribution is -0.121. The number of methoxy groups -OCH3 is 1. The van der Waals surface area contributed by atoms with E-state index in [1.807, 2.05) is 0 Å². The fourth-order valence-electron chi connectivity index (χ4n) is 1.36. The number of aromatic nitrogens is 2. The smallest absolute Gasteiger partial charge is 0.316 e. The summed E-state index contributed by atoms with van der Waals surface area (Å²) in [6, 6.07) is 0.783. The predicted octanol–water partition coefficient (Wildman–Crippen LogP) is 0.696. The molecule has 1 aromatic rings. The van der Waals surface area contributed by atoms with Crippen molar-refractivity contribution in [1.82, 2.24) is 15.3 Å². The Labute approximate surface area is 94.2 Å². The largest absolute Gasteiger partial charge is 0.467 e. The van der Waals surface area contributed by atoms with Gasteiger partial charge in [0.1, 0.15) is 0 Å². The van der Waals surface area contributed by atoms with Crippen LogP contribution in [0.2, 0.25) is 0 Å². The van der Waals surface area contributed by atoms with Gasteiger partial charge in [-0.2, -0.15) is 0 Å². The molecule has 5 nitrogen and oxygen atoms in total. The van der Waals surface area contributed by atoms with Gasteiger partial charge in [-0.1, -0.05) is 0 Å². The molecule has 0 aliphatic heterocycles. The molecular formula is C11H15N3O2. The Kier molecular flexibility index (Phi) is 3.34. The van der Waals surface area contributed by atoms with E-state index >= 15 is 0 Å². The molecule has 0 unspecified atom stereocenters. The summed E-state index contributed by atoms with van der Waals surface area (Å²) in [6.07, 6.45) is 6.79. The number of carbonyl (C=O) groups is 1. The minimum Gasteiger partial charge on any atom is -0.467 e. The fourth-order valence-corrected chi connectivity index (χ4v) is 1.36. The van der Waals surface area contributed by atoms with Crippen LogP contribution in [0.25, 0.3) is 0 Å². The number of ether oxygens (including phenoxy) is 1. The summed E-state index contributed by atoms with van der Waals surface area (Å²) in [4.78, 5) is 19.4. The molecule has 1 heterocycles. The van der Waals surface area contributed by atoms with Crippen molar-refractivity contribution in [3.05, 3.63) is 18.0 Å². The molecule has 1 aliphatic carbocycles. The van der Waals surface area contributed by atoms with Gasteiger partial charge < -0.3 is 10.1 Å². The first-order valence-corrected chi connectivity index (χ1v) is 5.42. The average molecular weight is 221 g/mol. The van der Waals surface area contributed by atoms with E-state index in [9.17, 15) is 4.79 Å². The average Bonchev–Trinajstić information content (AvgIpc) is 3.11. The molecule has 1 amide bonds. The Bertz CT molecular complexity index is 360. The lowest BCUT2D eigenvalue weighted by atomic mass is 10.2. The van der Waals surface area contributed by atoms with Gasteiger partial charge in [-0.25, -0.2) is 9.97 Å². The molecule has 1 N–H and O–H groups in total. The van der Waals surface area contributed by atoms with Gasteiger partial charge in [-0.05, 0) is 24.8 Å². The van der Waals surface area contributed by atoms with Gasteiger partial charge in [-0.15, -0.1) is 0 Å². The Hall–Kier alpha value is -1.65. The molecule has 0 saturated heterocycles. The van der Waals surface area contributed by atoms with E-state index in [2.05, 4.69) is 15.3 Å². The minimum absolute atomic E-state index is 0.110. The molecular weight excluding hydrogens is 206 g/mol. The first-order chi connectivity index (χ1) is 7.78. The number of nitrogens with zero attached hydrogens (tertiary/aromatic N) is 2. The zero-order chi connectivity index (χ0) is 11.4. The van der Waals surface area contributed by atoms with Crippen molar-refractivity contribution in [2.75, 3.05) is 7.11 Å². The Balaban J connectivity index is 1.76.